The summed E-state index contributed by atoms with van der Waals surface area (Å²) in [7, 11) is -4.87. The van der Waals surface area contributed by atoms with Crippen LogP contribution in [0.1, 0.15) is 18.4 Å². The van der Waals surface area contributed by atoms with Crippen LogP contribution in [-0.4, -0.2) is 38.9 Å². The molecule has 2 N–H and O–H groups in total. The number of carbonyl (C=O) groups excluding carboxylic acids is 1. The minimum Gasteiger partial charge on any atom is -0.351 e. The molecule has 11 heteroatoms. The van der Waals surface area contributed by atoms with Gasteiger partial charge in [-0.15, -0.1) is 0 Å². The van der Waals surface area contributed by atoms with Gasteiger partial charge in [-0.3, -0.25) is 4.79 Å². The molecule has 1 aromatic rings. The SMILES string of the molecule is O=C1N=C(N2CCCC2)S/C1=C\c1cc(F)ccc1OOP(=O)(O)O. The zero-order valence-corrected chi connectivity index (χ0v) is 14.5. The Balaban J connectivity index is 1.82. The van der Waals surface area contributed by atoms with E-state index in [1.165, 1.54) is 6.08 Å². The molecule has 0 saturated carbocycles. The van der Waals surface area contributed by atoms with Gasteiger partial charge in [0.2, 0.25) is 0 Å². The van der Waals surface area contributed by atoms with Crippen molar-refractivity contribution in [3.63, 3.8) is 0 Å². The molecular formula is C14H14FN2O6PS. The Morgan fingerprint density at radius 3 is 2.72 bits per heavy atom. The summed E-state index contributed by atoms with van der Waals surface area (Å²) in [5.41, 5.74) is 0.0992. The molecule has 3 rings (SSSR count). The Bertz CT molecular complexity index is 803. The van der Waals surface area contributed by atoms with Gasteiger partial charge in [-0.1, -0.05) is 4.67 Å². The van der Waals surface area contributed by atoms with E-state index >= 15 is 0 Å². The number of phosphoric acid groups is 1. The van der Waals surface area contributed by atoms with E-state index < -0.39 is 19.5 Å². The van der Waals surface area contributed by atoms with Gasteiger partial charge in [0.25, 0.3) is 5.91 Å². The molecule has 2 heterocycles. The number of hydrogen-bond donors (Lipinski definition) is 2. The monoisotopic (exact) mass is 388 g/mol. The first-order valence-corrected chi connectivity index (χ1v) is 9.65. The van der Waals surface area contributed by atoms with Crippen molar-refractivity contribution in [2.75, 3.05) is 13.1 Å². The molecule has 1 amide bonds. The second-order valence-corrected chi connectivity index (χ2v) is 7.47. The van der Waals surface area contributed by atoms with Crippen molar-refractivity contribution < 1.29 is 33.1 Å². The van der Waals surface area contributed by atoms with E-state index in [0.29, 0.717) is 5.17 Å². The maximum atomic E-state index is 13.5. The number of halogens is 1. The van der Waals surface area contributed by atoms with E-state index in [-0.39, 0.29) is 16.2 Å². The summed E-state index contributed by atoms with van der Waals surface area (Å²) < 4.78 is 28.2. The Morgan fingerprint density at radius 2 is 2.04 bits per heavy atom. The highest BCUT2D eigenvalue weighted by molar-refractivity contribution is 8.18. The summed E-state index contributed by atoms with van der Waals surface area (Å²) in [5.74, 6) is -1.20. The molecule has 2 aliphatic rings. The molecule has 2 aliphatic heterocycles. The highest BCUT2D eigenvalue weighted by Gasteiger charge is 2.28. The lowest BCUT2D eigenvalue weighted by Gasteiger charge is -2.14. The zero-order valence-electron chi connectivity index (χ0n) is 12.8. The number of likely N-dealkylation sites (tertiary alicyclic amines) is 1. The van der Waals surface area contributed by atoms with E-state index in [9.17, 15) is 13.8 Å². The first-order valence-electron chi connectivity index (χ1n) is 7.31. The van der Waals surface area contributed by atoms with Crippen LogP contribution in [0.15, 0.2) is 28.1 Å². The van der Waals surface area contributed by atoms with E-state index in [2.05, 4.69) is 14.6 Å². The molecule has 0 aliphatic carbocycles. The van der Waals surface area contributed by atoms with Crippen molar-refractivity contribution in [3.05, 3.63) is 34.5 Å². The fourth-order valence-electron chi connectivity index (χ4n) is 2.38. The smallest absolute Gasteiger partial charge is 0.351 e. The van der Waals surface area contributed by atoms with Crippen LogP contribution < -0.4 is 4.89 Å². The molecule has 0 spiro atoms. The Kier molecular flexibility index (Phi) is 5.26. The minimum absolute atomic E-state index is 0.0992. The fraction of sp³-hybridized carbons (Fsp3) is 0.286. The second-order valence-electron chi connectivity index (χ2n) is 5.33. The van der Waals surface area contributed by atoms with Crippen LogP contribution in [0, 0.1) is 5.82 Å². The predicted octanol–water partition coefficient (Wildman–Crippen LogP) is 2.29. The maximum absolute atomic E-state index is 13.5. The fourth-order valence-corrected chi connectivity index (χ4v) is 3.51. The summed E-state index contributed by atoms with van der Waals surface area (Å²) in [6.45, 7) is 1.66. The highest BCUT2D eigenvalue weighted by Crippen LogP contribution is 2.38. The van der Waals surface area contributed by atoms with E-state index in [0.717, 1.165) is 55.9 Å². The molecular weight excluding hydrogens is 374 g/mol. The lowest BCUT2D eigenvalue weighted by Crippen LogP contribution is -2.23. The summed E-state index contributed by atoms with van der Waals surface area (Å²) >= 11 is 1.16. The Hall–Kier alpha value is -1.71. The van der Waals surface area contributed by atoms with Gasteiger partial charge >= 0.3 is 7.82 Å². The van der Waals surface area contributed by atoms with Gasteiger partial charge in [-0.25, -0.2) is 8.96 Å². The summed E-state index contributed by atoms with van der Waals surface area (Å²) in [6, 6.07) is 3.24. The normalized spacial score (nSPS) is 19.6. The standard InChI is InChI=1S/C14H14FN2O6PS/c15-10-3-4-11(22-23-24(19,20)21)9(7-10)8-12-13(18)16-14(25-12)17-5-1-2-6-17/h3-4,7-8H,1-2,5-6H2,(H2,19,20,21)/b12-8-. The molecule has 0 bridgehead atoms. The van der Waals surface area contributed by atoms with E-state index in [1.54, 1.807) is 0 Å². The van der Waals surface area contributed by atoms with Crippen molar-refractivity contribution in [3.8, 4) is 5.75 Å². The van der Waals surface area contributed by atoms with Crippen LogP contribution in [0.4, 0.5) is 4.39 Å². The van der Waals surface area contributed by atoms with Crippen molar-refractivity contribution in [1.29, 1.82) is 0 Å². The first kappa shape index (κ1) is 18.1. The van der Waals surface area contributed by atoms with Crippen LogP contribution in [0.2, 0.25) is 0 Å². The van der Waals surface area contributed by atoms with Crippen LogP contribution in [-0.2, 0) is 14.0 Å². The third-order valence-electron chi connectivity index (χ3n) is 3.47. The summed E-state index contributed by atoms with van der Waals surface area (Å²) in [4.78, 5) is 40.3. The van der Waals surface area contributed by atoms with Crippen LogP contribution in [0.3, 0.4) is 0 Å². The number of benzene rings is 1. The molecule has 134 valence electrons. The largest absolute Gasteiger partial charge is 0.505 e. The Morgan fingerprint density at radius 1 is 1.32 bits per heavy atom. The highest BCUT2D eigenvalue weighted by atomic mass is 32.2. The van der Waals surface area contributed by atoms with Gasteiger partial charge in [0.05, 0.1) is 4.91 Å². The van der Waals surface area contributed by atoms with Gasteiger partial charge in [-0.05, 0) is 48.9 Å². The number of thioether (sulfide) groups is 1. The number of aliphatic imine (C=N–C) groups is 1. The number of hydrogen-bond acceptors (Lipinski definition) is 6. The zero-order chi connectivity index (χ0) is 18.0. The van der Waals surface area contributed by atoms with Crippen molar-refractivity contribution in [2.24, 2.45) is 4.99 Å². The molecule has 0 unspecified atom stereocenters. The van der Waals surface area contributed by atoms with Gasteiger partial charge < -0.3 is 19.6 Å². The summed E-state index contributed by atoms with van der Waals surface area (Å²) in [5, 5.41) is 0.596. The minimum atomic E-state index is -4.87. The van der Waals surface area contributed by atoms with Crippen LogP contribution >= 0.6 is 19.6 Å². The van der Waals surface area contributed by atoms with E-state index in [1.807, 2.05) is 4.90 Å². The van der Waals surface area contributed by atoms with Crippen molar-refractivity contribution >= 4 is 36.7 Å². The third-order valence-corrected chi connectivity index (χ3v) is 4.78. The Labute approximate surface area is 146 Å². The van der Waals surface area contributed by atoms with E-state index in [4.69, 9.17) is 9.79 Å². The summed E-state index contributed by atoms with van der Waals surface area (Å²) in [6.07, 6.45) is 3.42. The van der Waals surface area contributed by atoms with Crippen molar-refractivity contribution in [2.45, 2.75) is 12.8 Å². The number of nitrogens with zero attached hydrogens (tertiary/aromatic N) is 2. The molecule has 25 heavy (non-hydrogen) atoms. The van der Waals surface area contributed by atoms with Gasteiger partial charge in [0.15, 0.2) is 10.9 Å². The molecule has 1 saturated heterocycles. The lowest BCUT2D eigenvalue weighted by molar-refractivity contribution is -0.122. The molecule has 0 radical (unpaired) electrons. The predicted molar refractivity (Wildman–Crippen MR) is 89.0 cm³/mol. The number of amidine groups is 1. The quantitative estimate of drug-likeness (QED) is 0.350. The number of rotatable bonds is 4. The molecule has 8 nitrogen and oxygen atoms in total. The van der Waals surface area contributed by atoms with Gasteiger partial charge in [0, 0.05) is 18.7 Å². The lowest BCUT2D eigenvalue weighted by atomic mass is 10.2. The second kappa shape index (κ2) is 7.27. The number of amides is 1. The van der Waals surface area contributed by atoms with Gasteiger partial charge in [0.1, 0.15) is 5.82 Å². The average molecular weight is 388 g/mol. The molecule has 1 aromatic carbocycles. The first-order chi connectivity index (χ1) is 11.8. The molecule has 1 fully saturated rings. The molecule has 0 aromatic heterocycles. The van der Waals surface area contributed by atoms with Crippen LogP contribution in [0.25, 0.3) is 6.08 Å². The van der Waals surface area contributed by atoms with Crippen molar-refractivity contribution in [1.82, 2.24) is 4.90 Å². The van der Waals surface area contributed by atoms with Gasteiger partial charge in [-0.2, -0.15) is 4.99 Å². The number of carbonyl (C=O) groups is 1. The molecule has 0 atom stereocenters. The van der Waals surface area contributed by atoms with Crippen LogP contribution in [0.5, 0.6) is 5.75 Å². The third kappa shape index (κ3) is 4.68. The maximum Gasteiger partial charge on any atom is 0.505 e. The average Bonchev–Trinajstić information content (AvgIpc) is 3.16. The topological polar surface area (TPSA) is 109 Å².